The van der Waals surface area contributed by atoms with Crippen molar-refractivity contribution in [3.05, 3.63) is 30.3 Å². The summed E-state index contributed by atoms with van der Waals surface area (Å²) in [5.74, 6) is 0.506. The molecule has 0 saturated heterocycles. The quantitative estimate of drug-likeness (QED) is 0.352. The van der Waals surface area contributed by atoms with Gasteiger partial charge < -0.3 is 0 Å². The predicted molar refractivity (Wildman–Crippen MR) is 65.2 cm³/mol. The Kier molecular flexibility index (Phi) is 9.00. The number of rotatable bonds is 11. The first-order valence-electron chi connectivity index (χ1n) is 6.42. The van der Waals surface area contributed by atoms with E-state index in [2.05, 4.69) is 0 Å². The van der Waals surface area contributed by atoms with Crippen molar-refractivity contribution >= 4 is 0 Å². The molecule has 0 fully saturated rings. The molecule has 0 bridgehead atoms. The van der Waals surface area contributed by atoms with Crippen LogP contribution in [-0.2, 0) is 43.2 Å². The Bertz CT molecular complexity index is 327. The maximum absolute atomic E-state index is 5.65. The summed E-state index contributed by atoms with van der Waals surface area (Å²) in [5.41, 5.74) is 0. The molecule has 0 amide bonds. The van der Waals surface area contributed by atoms with Gasteiger partial charge in [0.05, 0.1) is 0 Å². The second kappa shape index (κ2) is 10.3. The van der Waals surface area contributed by atoms with E-state index in [9.17, 15) is 0 Å². The van der Waals surface area contributed by atoms with Crippen LogP contribution >= 0.6 is 0 Å². The molecule has 0 saturated carbocycles. The fourth-order valence-corrected chi connectivity index (χ4v) is 3.30. The van der Waals surface area contributed by atoms with Crippen molar-refractivity contribution in [2.75, 3.05) is 19.8 Å². The third-order valence-corrected chi connectivity index (χ3v) is 4.09. The Morgan fingerprint density at radius 3 is 1.60 bits per heavy atom. The predicted octanol–water partition coefficient (Wildman–Crippen LogP) is 2.78. The number of para-hydroxylation sites is 1. The van der Waals surface area contributed by atoms with Crippen LogP contribution in [-0.4, -0.2) is 19.8 Å². The summed E-state index contributed by atoms with van der Waals surface area (Å²) in [6, 6.07) is 8.95. The van der Waals surface area contributed by atoms with Crippen LogP contribution in [0.1, 0.15) is 20.8 Å². The third-order valence-electron chi connectivity index (χ3n) is 1.82. The fourth-order valence-electron chi connectivity index (χ4n) is 1.12. The minimum atomic E-state index is -4.35. The molecule has 0 aliphatic rings. The zero-order valence-electron chi connectivity index (χ0n) is 11.9. The van der Waals surface area contributed by atoms with Crippen molar-refractivity contribution in [2.45, 2.75) is 20.8 Å². The minimum absolute atomic E-state index is 0.302. The van der Waals surface area contributed by atoms with Crippen LogP contribution < -0.4 is 3.32 Å². The monoisotopic (exact) mass is 324 g/mol. The van der Waals surface area contributed by atoms with Crippen LogP contribution in [0, 0.1) is 0 Å². The molecule has 1 aromatic rings. The van der Waals surface area contributed by atoms with Crippen molar-refractivity contribution < 1.29 is 46.5 Å². The molecule has 0 aromatic heterocycles. The van der Waals surface area contributed by atoms with E-state index < -0.39 is 18.1 Å². The second-order valence-electron chi connectivity index (χ2n) is 3.38. The van der Waals surface area contributed by atoms with Gasteiger partial charge in [-0.05, 0) is 0 Å². The van der Waals surface area contributed by atoms with Crippen LogP contribution in [0.15, 0.2) is 30.3 Å². The van der Waals surface area contributed by atoms with Crippen LogP contribution in [0.5, 0.6) is 5.75 Å². The Morgan fingerprint density at radius 2 is 1.20 bits per heavy atom. The normalized spacial score (nSPS) is 11.6. The molecule has 0 N–H and O–H groups in total. The molecule has 0 aliphatic heterocycles. The van der Waals surface area contributed by atoms with Crippen LogP contribution in [0.4, 0.5) is 0 Å². The Balaban J connectivity index is 2.81. The fraction of sp³-hybridized carbons (Fsp3) is 0.500. The average Bonchev–Trinajstić information content (AvgIpc) is 2.49. The summed E-state index contributed by atoms with van der Waals surface area (Å²) in [7, 11) is 0. The molecule has 7 nitrogen and oxygen atoms in total. The Labute approximate surface area is 123 Å². The molecule has 0 heterocycles. The van der Waals surface area contributed by atoms with E-state index in [-0.39, 0.29) is 0 Å². The molecule has 1 aromatic carbocycles. The first kappa shape index (κ1) is 17.5. The van der Waals surface area contributed by atoms with Gasteiger partial charge in [-0.2, -0.15) is 0 Å². The summed E-state index contributed by atoms with van der Waals surface area (Å²) in [6.45, 7) is 6.19. The van der Waals surface area contributed by atoms with E-state index >= 15 is 0 Å². The zero-order valence-corrected chi connectivity index (χ0v) is 13.4. The van der Waals surface area contributed by atoms with Crippen LogP contribution in [0.25, 0.3) is 0 Å². The van der Waals surface area contributed by atoms with E-state index in [1.54, 1.807) is 32.9 Å². The number of hydrogen-bond donors (Lipinski definition) is 0. The SMILES string of the molecule is CCO[O][Ti]([O]OCC)([O]OCC)[O]c1ccccc1. The van der Waals surface area contributed by atoms with Crippen molar-refractivity contribution in [3.63, 3.8) is 0 Å². The zero-order chi connectivity index (χ0) is 14.7. The summed E-state index contributed by atoms with van der Waals surface area (Å²) >= 11 is -4.35. The Hall–Kier alpha value is -0.506. The molecule has 0 unspecified atom stereocenters. The summed E-state index contributed by atoms with van der Waals surface area (Å²) in [4.78, 5) is 14.7. The van der Waals surface area contributed by atoms with Crippen molar-refractivity contribution in [3.8, 4) is 5.75 Å². The van der Waals surface area contributed by atoms with Crippen molar-refractivity contribution in [1.29, 1.82) is 0 Å². The van der Waals surface area contributed by atoms with Gasteiger partial charge in [-0.3, -0.25) is 0 Å². The van der Waals surface area contributed by atoms with Gasteiger partial charge in [0.25, 0.3) is 0 Å². The molecule has 20 heavy (non-hydrogen) atoms. The molecule has 0 atom stereocenters. The molecule has 114 valence electrons. The van der Waals surface area contributed by atoms with E-state index in [1.165, 1.54) is 0 Å². The van der Waals surface area contributed by atoms with Gasteiger partial charge in [0.1, 0.15) is 0 Å². The molecule has 0 radical (unpaired) electrons. The Morgan fingerprint density at radius 1 is 0.750 bits per heavy atom. The topological polar surface area (TPSA) is 64.6 Å². The van der Waals surface area contributed by atoms with Gasteiger partial charge in [-0.25, -0.2) is 0 Å². The third kappa shape index (κ3) is 6.30. The van der Waals surface area contributed by atoms with E-state index in [0.717, 1.165) is 0 Å². The van der Waals surface area contributed by atoms with Crippen molar-refractivity contribution in [2.24, 2.45) is 0 Å². The van der Waals surface area contributed by atoms with Crippen LogP contribution in [0.3, 0.4) is 0 Å². The molecular weight excluding hydrogens is 304 g/mol. The van der Waals surface area contributed by atoms with Gasteiger partial charge >= 0.3 is 123 Å². The summed E-state index contributed by atoms with van der Waals surface area (Å²) < 4.78 is 21.1. The van der Waals surface area contributed by atoms with E-state index in [0.29, 0.717) is 25.6 Å². The number of hydrogen-bond acceptors (Lipinski definition) is 7. The second-order valence-corrected chi connectivity index (χ2v) is 6.05. The van der Waals surface area contributed by atoms with Gasteiger partial charge in [-0.15, -0.1) is 0 Å². The summed E-state index contributed by atoms with van der Waals surface area (Å²) in [5, 5.41) is 0. The van der Waals surface area contributed by atoms with Gasteiger partial charge in [0.2, 0.25) is 0 Å². The molecule has 0 spiro atoms. The van der Waals surface area contributed by atoms with E-state index in [4.69, 9.17) is 28.4 Å². The molecule has 0 aliphatic carbocycles. The van der Waals surface area contributed by atoms with Crippen molar-refractivity contribution in [1.82, 2.24) is 0 Å². The molecule has 1 rings (SSSR count). The van der Waals surface area contributed by atoms with Gasteiger partial charge in [-0.1, -0.05) is 0 Å². The van der Waals surface area contributed by atoms with Gasteiger partial charge in [0, 0.05) is 0 Å². The average molecular weight is 324 g/mol. The van der Waals surface area contributed by atoms with E-state index in [1.807, 2.05) is 18.2 Å². The molecular formula is C12H20O7Ti. The summed E-state index contributed by atoms with van der Waals surface area (Å²) in [6.07, 6.45) is 0. The van der Waals surface area contributed by atoms with Crippen LogP contribution in [0.2, 0.25) is 0 Å². The molecule has 8 heteroatoms. The van der Waals surface area contributed by atoms with Gasteiger partial charge in [0.15, 0.2) is 0 Å². The first-order valence-corrected chi connectivity index (χ1v) is 8.97. The first-order chi connectivity index (χ1) is 9.76. The maximum atomic E-state index is 5.65. The standard InChI is InChI=1S/C6H6O.3C2H6O2.Ti/c7-6-4-2-1-3-5-6;3*1-2-4-3;/h1-5,7H;3*3H,2H2,1H3;/q;;;;+4/p-4. The number of benzene rings is 1.